The minimum absolute atomic E-state index is 0.163. The molecule has 0 spiro atoms. The highest BCUT2D eigenvalue weighted by atomic mass is 16.5. The second-order valence-electron chi connectivity index (χ2n) is 6.21. The highest BCUT2D eigenvalue weighted by Crippen LogP contribution is 2.23. The zero-order chi connectivity index (χ0) is 17.3. The standard InChI is InChI=1S/C19H22O2.C2H6/c1-19(2,3)17-10-8-15(9-11-17)14-21-18-7-5-4-6-16(18)12-13-20;1-2/h4-11,13H,12,14H2,1-3H3;1-2H3. The molecule has 0 aliphatic heterocycles. The van der Waals surface area contributed by atoms with E-state index < -0.39 is 0 Å². The average Bonchev–Trinajstić information content (AvgIpc) is 2.56. The van der Waals surface area contributed by atoms with E-state index in [2.05, 4.69) is 45.0 Å². The lowest BCUT2D eigenvalue weighted by molar-refractivity contribution is -0.107. The fraction of sp³-hybridized carbons (Fsp3) is 0.381. The summed E-state index contributed by atoms with van der Waals surface area (Å²) in [5, 5.41) is 0. The summed E-state index contributed by atoms with van der Waals surface area (Å²) in [5.41, 5.74) is 3.53. The van der Waals surface area contributed by atoms with Gasteiger partial charge in [-0.1, -0.05) is 77.1 Å². The zero-order valence-corrected chi connectivity index (χ0v) is 14.9. The molecule has 0 bridgehead atoms. The molecule has 0 aliphatic carbocycles. The van der Waals surface area contributed by atoms with E-state index in [-0.39, 0.29) is 5.41 Å². The Morgan fingerprint density at radius 2 is 1.57 bits per heavy atom. The molecule has 0 saturated carbocycles. The van der Waals surface area contributed by atoms with E-state index in [1.54, 1.807) is 0 Å². The van der Waals surface area contributed by atoms with Crippen LogP contribution >= 0.6 is 0 Å². The molecule has 0 aliphatic rings. The third-order valence-corrected chi connectivity index (χ3v) is 3.49. The van der Waals surface area contributed by atoms with Crippen molar-refractivity contribution < 1.29 is 9.53 Å². The number of rotatable bonds is 5. The summed E-state index contributed by atoms with van der Waals surface area (Å²) in [4.78, 5) is 10.7. The maximum atomic E-state index is 10.7. The Hall–Kier alpha value is -2.09. The summed E-state index contributed by atoms with van der Waals surface area (Å²) >= 11 is 0. The molecule has 2 aromatic carbocycles. The molecule has 2 aromatic rings. The van der Waals surface area contributed by atoms with Gasteiger partial charge in [-0.25, -0.2) is 0 Å². The van der Waals surface area contributed by atoms with Gasteiger partial charge in [0, 0.05) is 12.0 Å². The molecular weight excluding hydrogens is 284 g/mol. The van der Waals surface area contributed by atoms with Crippen LogP contribution in [0.4, 0.5) is 0 Å². The summed E-state index contributed by atoms with van der Waals surface area (Å²) in [7, 11) is 0. The van der Waals surface area contributed by atoms with Gasteiger partial charge in [0.25, 0.3) is 0 Å². The maximum absolute atomic E-state index is 10.7. The minimum Gasteiger partial charge on any atom is -0.489 e. The molecule has 0 unspecified atom stereocenters. The Bertz CT molecular complexity index is 592. The van der Waals surface area contributed by atoms with Crippen LogP contribution in [0.15, 0.2) is 48.5 Å². The van der Waals surface area contributed by atoms with Crippen LogP contribution in [0.2, 0.25) is 0 Å². The summed E-state index contributed by atoms with van der Waals surface area (Å²) < 4.78 is 5.84. The molecule has 0 heterocycles. The van der Waals surface area contributed by atoms with Crippen molar-refractivity contribution in [3.63, 3.8) is 0 Å². The Morgan fingerprint density at radius 1 is 0.957 bits per heavy atom. The Morgan fingerprint density at radius 3 is 2.13 bits per heavy atom. The van der Waals surface area contributed by atoms with Crippen molar-refractivity contribution in [2.75, 3.05) is 0 Å². The van der Waals surface area contributed by atoms with Crippen molar-refractivity contribution in [3.8, 4) is 5.75 Å². The number of hydrogen-bond donors (Lipinski definition) is 0. The van der Waals surface area contributed by atoms with Crippen LogP contribution in [0.1, 0.15) is 51.3 Å². The van der Waals surface area contributed by atoms with Crippen molar-refractivity contribution in [1.82, 2.24) is 0 Å². The second kappa shape index (κ2) is 9.14. The maximum Gasteiger partial charge on any atom is 0.124 e. The van der Waals surface area contributed by atoms with Crippen molar-refractivity contribution in [2.24, 2.45) is 0 Å². The second-order valence-corrected chi connectivity index (χ2v) is 6.21. The van der Waals surface area contributed by atoms with Gasteiger partial charge in [0.15, 0.2) is 0 Å². The molecule has 0 fully saturated rings. The average molecular weight is 312 g/mol. The minimum atomic E-state index is 0.163. The third kappa shape index (κ3) is 5.90. The van der Waals surface area contributed by atoms with Crippen LogP contribution in [0, 0.1) is 0 Å². The lowest BCUT2D eigenvalue weighted by atomic mass is 9.87. The molecule has 124 valence electrons. The summed E-state index contributed by atoms with van der Waals surface area (Å²) in [6.07, 6.45) is 1.29. The molecule has 23 heavy (non-hydrogen) atoms. The first-order chi connectivity index (χ1) is 11.0. The van der Waals surface area contributed by atoms with Crippen molar-refractivity contribution >= 4 is 6.29 Å². The van der Waals surface area contributed by atoms with Gasteiger partial charge >= 0.3 is 0 Å². The molecule has 0 atom stereocenters. The fourth-order valence-electron chi connectivity index (χ4n) is 2.17. The summed E-state index contributed by atoms with van der Waals surface area (Å²) in [5.74, 6) is 0.782. The quantitative estimate of drug-likeness (QED) is 0.697. The predicted octanol–water partition coefficient (Wildman–Crippen LogP) is 5.33. The molecule has 2 heteroatoms. The van der Waals surface area contributed by atoms with Crippen LogP contribution in [0.25, 0.3) is 0 Å². The first-order valence-corrected chi connectivity index (χ1v) is 8.24. The van der Waals surface area contributed by atoms with Gasteiger partial charge in [-0.3, -0.25) is 0 Å². The number of carbonyl (C=O) groups is 1. The molecular formula is C21H28O2. The van der Waals surface area contributed by atoms with Crippen LogP contribution in [-0.2, 0) is 23.2 Å². The van der Waals surface area contributed by atoms with Gasteiger partial charge in [0.05, 0.1) is 0 Å². The molecule has 0 saturated heterocycles. The zero-order valence-electron chi connectivity index (χ0n) is 14.9. The largest absolute Gasteiger partial charge is 0.489 e. The lowest BCUT2D eigenvalue weighted by Gasteiger charge is -2.19. The van der Waals surface area contributed by atoms with Gasteiger partial charge in [-0.15, -0.1) is 0 Å². The number of carbonyl (C=O) groups excluding carboxylic acids is 1. The lowest BCUT2D eigenvalue weighted by Crippen LogP contribution is -2.10. The molecule has 0 N–H and O–H groups in total. The Labute approximate surface area is 140 Å². The van der Waals surface area contributed by atoms with Gasteiger partial charge in [-0.05, 0) is 22.6 Å². The first kappa shape index (κ1) is 19.0. The topological polar surface area (TPSA) is 26.3 Å². The highest BCUT2D eigenvalue weighted by Gasteiger charge is 2.12. The number of para-hydroxylation sites is 1. The SMILES string of the molecule is CC.CC(C)(C)c1ccc(COc2ccccc2CC=O)cc1. The molecule has 2 rings (SSSR count). The predicted molar refractivity (Wildman–Crippen MR) is 97.0 cm³/mol. The van der Waals surface area contributed by atoms with Crippen molar-refractivity contribution in [1.29, 1.82) is 0 Å². The van der Waals surface area contributed by atoms with E-state index in [1.807, 2.05) is 38.1 Å². The van der Waals surface area contributed by atoms with E-state index in [0.717, 1.165) is 23.2 Å². The van der Waals surface area contributed by atoms with Crippen LogP contribution in [-0.4, -0.2) is 6.29 Å². The van der Waals surface area contributed by atoms with Crippen molar-refractivity contribution in [3.05, 3.63) is 65.2 Å². The third-order valence-electron chi connectivity index (χ3n) is 3.49. The smallest absolute Gasteiger partial charge is 0.124 e. The monoisotopic (exact) mass is 312 g/mol. The van der Waals surface area contributed by atoms with Gasteiger partial charge in [0.1, 0.15) is 18.6 Å². The van der Waals surface area contributed by atoms with Crippen LogP contribution < -0.4 is 4.74 Å². The van der Waals surface area contributed by atoms with E-state index in [1.165, 1.54) is 5.56 Å². The molecule has 0 amide bonds. The van der Waals surface area contributed by atoms with Crippen LogP contribution in [0.3, 0.4) is 0 Å². The highest BCUT2D eigenvalue weighted by molar-refractivity contribution is 5.57. The van der Waals surface area contributed by atoms with Gasteiger partial charge in [-0.2, -0.15) is 0 Å². The normalized spacial score (nSPS) is 10.5. The summed E-state index contributed by atoms with van der Waals surface area (Å²) in [6.45, 7) is 11.1. The number of aldehydes is 1. The van der Waals surface area contributed by atoms with Crippen LogP contribution in [0.5, 0.6) is 5.75 Å². The fourth-order valence-corrected chi connectivity index (χ4v) is 2.17. The first-order valence-electron chi connectivity index (χ1n) is 8.24. The van der Waals surface area contributed by atoms with Gasteiger partial charge < -0.3 is 9.53 Å². The van der Waals surface area contributed by atoms with E-state index >= 15 is 0 Å². The molecule has 2 nitrogen and oxygen atoms in total. The van der Waals surface area contributed by atoms with E-state index in [9.17, 15) is 4.79 Å². The number of hydrogen-bond acceptors (Lipinski definition) is 2. The van der Waals surface area contributed by atoms with Crippen molar-refractivity contribution in [2.45, 2.75) is 53.1 Å². The number of benzene rings is 2. The van der Waals surface area contributed by atoms with E-state index in [0.29, 0.717) is 13.0 Å². The Kier molecular flexibility index (Phi) is 7.53. The van der Waals surface area contributed by atoms with E-state index in [4.69, 9.17) is 4.74 Å². The summed E-state index contributed by atoms with van der Waals surface area (Å²) in [6, 6.07) is 16.2. The van der Waals surface area contributed by atoms with Gasteiger partial charge in [0.2, 0.25) is 0 Å². The molecule has 0 aromatic heterocycles. The molecule has 0 radical (unpaired) electrons. The number of ether oxygens (including phenoxy) is 1. The Balaban J connectivity index is 0.00000127.